The Morgan fingerprint density at radius 3 is 2.95 bits per heavy atom. The van der Waals surface area contributed by atoms with Crippen LogP contribution in [0.5, 0.6) is 0 Å². The van der Waals surface area contributed by atoms with Crippen LogP contribution in [0.1, 0.15) is 23.2 Å². The number of carbonyl (C=O) groups excluding carboxylic acids is 2. The molecule has 1 fully saturated rings. The molecule has 5 heteroatoms. The summed E-state index contributed by atoms with van der Waals surface area (Å²) in [4.78, 5) is 23.0. The van der Waals surface area contributed by atoms with Crippen molar-refractivity contribution in [3.8, 4) is 0 Å². The Morgan fingerprint density at radius 1 is 1.45 bits per heavy atom. The SMILES string of the molecule is O=Cc1cn(CC(=O)NCC2CC2)c2cc(Cl)ccc12. The zero-order valence-electron chi connectivity index (χ0n) is 10.9. The van der Waals surface area contributed by atoms with Crippen molar-refractivity contribution in [3.63, 3.8) is 0 Å². The molecule has 0 radical (unpaired) electrons. The van der Waals surface area contributed by atoms with E-state index in [4.69, 9.17) is 11.6 Å². The molecule has 20 heavy (non-hydrogen) atoms. The summed E-state index contributed by atoms with van der Waals surface area (Å²) in [5.41, 5.74) is 1.38. The average Bonchev–Trinajstić information content (AvgIpc) is 3.20. The Hall–Kier alpha value is -1.81. The summed E-state index contributed by atoms with van der Waals surface area (Å²) < 4.78 is 1.77. The Labute approximate surface area is 121 Å². The normalized spacial score (nSPS) is 14.4. The first-order chi connectivity index (χ1) is 9.67. The zero-order chi connectivity index (χ0) is 14.1. The van der Waals surface area contributed by atoms with Crippen molar-refractivity contribution in [1.82, 2.24) is 9.88 Å². The van der Waals surface area contributed by atoms with Crippen LogP contribution in [0.25, 0.3) is 10.9 Å². The molecule has 1 aromatic carbocycles. The van der Waals surface area contributed by atoms with Crippen molar-refractivity contribution in [2.75, 3.05) is 6.54 Å². The minimum atomic E-state index is -0.0359. The molecule has 1 aliphatic rings. The van der Waals surface area contributed by atoms with Crippen molar-refractivity contribution < 1.29 is 9.59 Å². The largest absolute Gasteiger partial charge is 0.354 e. The highest BCUT2D eigenvalue weighted by Gasteiger charge is 2.21. The van der Waals surface area contributed by atoms with E-state index in [1.807, 2.05) is 0 Å². The van der Waals surface area contributed by atoms with E-state index in [0.717, 1.165) is 23.7 Å². The number of rotatable bonds is 5. The summed E-state index contributed by atoms with van der Waals surface area (Å²) in [5, 5.41) is 4.33. The van der Waals surface area contributed by atoms with Gasteiger partial charge in [-0.05, 0) is 30.9 Å². The van der Waals surface area contributed by atoms with Gasteiger partial charge in [-0.25, -0.2) is 0 Å². The molecule has 1 aromatic heterocycles. The molecule has 3 rings (SSSR count). The minimum Gasteiger partial charge on any atom is -0.354 e. The lowest BCUT2D eigenvalue weighted by Crippen LogP contribution is -2.29. The van der Waals surface area contributed by atoms with Crippen LogP contribution in [0, 0.1) is 5.92 Å². The first-order valence-corrected chi connectivity index (χ1v) is 7.05. The topological polar surface area (TPSA) is 51.1 Å². The third-order valence-electron chi connectivity index (χ3n) is 3.60. The fourth-order valence-corrected chi connectivity index (χ4v) is 2.48. The second-order valence-electron chi connectivity index (χ2n) is 5.24. The Kier molecular flexibility index (Phi) is 3.49. The summed E-state index contributed by atoms with van der Waals surface area (Å²) >= 11 is 5.99. The Balaban J connectivity index is 1.83. The molecule has 0 bridgehead atoms. The minimum absolute atomic E-state index is 0.0359. The van der Waals surface area contributed by atoms with E-state index in [0.29, 0.717) is 16.5 Å². The van der Waals surface area contributed by atoms with Crippen molar-refractivity contribution in [3.05, 3.63) is 35.0 Å². The molecule has 104 valence electrons. The van der Waals surface area contributed by atoms with Gasteiger partial charge in [0.05, 0.1) is 5.52 Å². The number of aromatic nitrogens is 1. The lowest BCUT2D eigenvalue weighted by molar-refractivity contribution is -0.121. The van der Waals surface area contributed by atoms with E-state index in [2.05, 4.69) is 5.32 Å². The van der Waals surface area contributed by atoms with Crippen LogP contribution < -0.4 is 5.32 Å². The predicted octanol–water partition coefficient (Wildman–Crippen LogP) is 2.63. The summed E-state index contributed by atoms with van der Waals surface area (Å²) in [6, 6.07) is 5.33. The number of amides is 1. The molecule has 0 atom stereocenters. The van der Waals surface area contributed by atoms with Gasteiger partial charge in [0.25, 0.3) is 0 Å². The molecule has 1 amide bonds. The van der Waals surface area contributed by atoms with Crippen molar-refractivity contribution in [2.45, 2.75) is 19.4 Å². The number of halogens is 1. The van der Waals surface area contributed by atoms with Gasteiger partial charge in [0.1, 0.15) is 6.54 Å². The number of hydrogen-bond donors (Lipinski definition) is 1. The lowest BCUT2D eigenvalue weighted by atomic mass is 10.2. The second-order valence-corrected chi connectivity index (χ2v) is 5.68. The third kappa shape index (κ3) is 2.70. The number of nitrogens with zero attached hydrogens (tertiary/aromatic N) is 1. The van der Waals surface area contributed by atoms with E-state index in [-0.39, 0.29) is 12.5 Å². The van der Waals surface area contributed by atoms with Crippen LogP contribution in [0.15, 0.2) is 24.4 Å². The molecule has 0 saturated heterocycles. The molecule has 4 nitrogen and oxygen atoms in total. The van der Waals surface area contributed by atoms with Gasteiger partial charge >= 0.3 is 0 Å². The molecule has 0 unspecified atom stereocenters. The highest BCUT2D eigenvalue weighted by atomic mass is 35.5. The summed E-state index contributed by atoms with van der Waals surface area (Å²) in [6.07, 6.45) is 4.91. The van der Waals surface area contributed by atoms with Gasteiger partial charge in [-0.3, -0.25) is 9.59 Å². The third-order valence-corrected chi connectivity index (χ3v) is 3.84. The maximum Gasteiger partial charge on any atom is 0.239 e. The lowest BCUT2D eigenvalue weighted by Gasteiger charge is -2.06. The summed E-state index contributed by atoms with van der Waals surface area (Å²) in [5.74, 6) is 0.617. The first kappa shape index (κ1) is 13.2. The highest BCUT2D eigenvalue weighted by Crippen LogP contribution is 2.27. The molecule has 1 aliphatic carbocycles. The molecule has 1 heterocycles. The van der Waals surface area contributed by atoms with E-state index in [1.165, 1.54) is 12.8 Å². The molecule has 0 aliphatic heterocycles. The maximum atomic E-state index is 11.9. The Bertz CT molecular complexity index is 674. The zero-order valence-corrected chi connectivity index (χ0v) is 11.7. The van der Waals surface area contributed by atoms with E-state index in [1.54, 1.807) is 29.0 Å². The van der Waals surface area contributed by atoms with E-state index in [9.17, 15) is 9.59 Å². The van der Waals surface area contributed by atoms with Gasteiger partial charge in [0.2, 0.25) is 5.91 Å². The Morgan fingerprint density at radius 2 is 2.25 bits per heavy atom. The number of nitrogens with one attached hydrogen (secondary N) is 1. The number of benzene rings is 1. The van der Waals surface area contributed by atoms with Gasteiger partial charge in [-0.1, -0.05) is 17.7 Å². The quantitative estimate of drug-likeness (QED) is 0.861. The van der Waals surface area contributed by atoms with Gasteiger partial charge in [0.15, 0.2) is 6.29 Å². The van der Waals surface area contributed by atoms with Crippen molar-refractivity contribution in [2.24, 2.45) is 5.92 Å². The molecule has 0 spiro atoms. The molecule has 1 saturated carbocycles. The second kappa shape index (κ2) is 5.29. The average molecular weight is 291 g/mol. The van der Waals surface area contributed by atoms with Crippen LogP contribution in [0.3, 0.4) is 0 Å². The van der Waals surface area contributed by atoms with E-state index >= 15 is 0 Å². The fraction of sp³-hybridized carbons (Fsp3) is 0.333. The van der Waals surface area contributed by atoms with Crippen molar-refractivity contribution in [1.29, 1.82) is 0 Å². The van der Waals surface area contributed by atoms with Crippen LogP contribution in [-0.2, 0) is 11.3 Å². The summed E-state index contributed by atoms with van der Waals surface area (Å²) in [6.45, 7) is 0.955. The number of hydrogen-bond acceptors (Lipinski definition) is 2. The van der Waals surface area contributed by atoms with Gasteiger partial charge in [0, 0.05) is 28.7 Å². The maximum absolute atomic E-state index is 11.9. The van der Waals surface area contributed by atoms with Crippen LogP contribution in [0.2, 0.25) is 5.02 Å². The standard InChI is InChI=1S/C15H15ClN2O2/c16-12-3-4-13-11(9-19)7-18(14(13)5-12)8-15(20)17-6-10-1-2-10/h3-5,7,9-10H,1-2,6,8H2,(H,17,20). The highest BCUT2D eigenvalue weighted by molar-refractivity contribution is 6.31. The predicted molar refractivity (Wildman–Crippen MR) is 78.1 cm³/mol. The van der Waals surface area contributed by atoms with Crippen LogP contribution in [0.4, 0.5) is 0 Å². The molecular weight excluding hydrogens is 276 g/mol. The van der Waals surface area contributed by atoms with Gasteiger partial charge in [-0.15, -0.1) is 0 Å². The smallest absolute Gasteiger partial charge is 0.239 e. The van der Waals surface area contributed by atoms with Gasteiger partial charge in [-0.2, -0.15) is 0 Å². The molecule has 2 aromatic rings. The number of aldehydes is 1. The first-order valence-electron chi connectivity index (χ1n) is 6.67. The summed E-state index contributed by atoms with van der Waals surface area (Å²) in [7, 11) is 0. The molecular formula is C15H15ClN2O2. The van der Waals surface area contributed by atoms with Gasteiger partial charge < -0.3 is 9.88 Å². The van der Waals surface area contributed by atoms with Crippen molar-refractivity contribution >= 4 is 34.7 Å². The monoisotopic (exact) mass is 290 g/mol. The molecule has 1 N–H and O–H groups in total. The number of carbonyl (C=O) groups is 2. The fourth-order valence-electron chi connectivity index (χ4n) is 2.31. The van der Waals surface area contributed by atoms with Crippen LogP contribution in [-0.4, -0.2) is 23.3 Å². The number of fused-ring (bicyclic) bond motifs is 1. The van der Waals surface area contributed by atoms with Crippen LogP contribution >= 0.6 is 11.6 Å². The van der Waals surface area contributed by atoms with E-state index < -0.39 is 0 Å².